The number of carbonyl (C=O) groups is 2. The second kappa shape index (κ2) is 5.48. The van der Waals surface area contributed by atoms with E-state index in [1.165, 1.54) is 17.7 Å². The molecule has 112 valence electrons. The van der Waals surface area contributed by atoms with Gasteiger partial charge in [-0.1, -0.05) is 0 Å². The van der Waals surface area contributed by atoms with Crippen molar-refractivity contribution >= 4 is 23.1 Å². The summed E-state index contributed by atoms with van der Waals surface area (Å²) in [6.45, 7) is 2.35. The lowest BCUT2D eigenvalue weighted by Gasteiger charge is -2.21. The van der Waals surface area contributed by atoms with E-state index >= 15 is 0 Å². The Bertz CT molecular complexity index is 581. The normalized spacial score (nSPS) is 17.3. The Morgan fingerprint density at radius 2 is 2.10 bits per heavy atom. The number of hydrogen-bond donors (Lipinski definition) is 0. The molecular formula is C16H20N2O3. The van der Waals surface area contributed by atoms with Gasteiger partial charge in [0.1, 0.15) is 0 Å². The molecule has 1 aliphatic heterocycles. The molecule has 0 unspecified atom stereocenters. The average Bonchev–Trinajstić information content (AvgIpc) is 3.29. The van der Waals surface area contributed by atoms with Gasteiger partial charge in [-0.15, -0.1) is 0 Å². The zero-order valence-electron chi connectivity index (χ0n) is 12.5. The zero-order chi connectivity index (χ0) is 15.0. The van der Waals surface area contributed by atoms with Crippen LogP contribution >= 0.6 is 0 Å². The van der Waals surface area contributed by atoms with Gasteiger partial charge >= 0.3 is 0 Å². The molecule has 0 bridgehead atoms. The Labute approximate surface area is 124 Å². The molecule has 0 N–H and O–H groups in total. The maximum absolute atomic E-state index is 11.7. The summed E-state index contributed by atoms with van der Waals surface area (Å²) in [5.41, 5.74) is 2.16. The number of anilines is 2. The summed E-state index contributed by atoms with van der Waals surface area (Å²) in [5.74, 6) is -0.104. The molecule has 1 aromatic carbocycles. The van der Waals surface area contributed by atoms with Gasteiger partial charge < -0.3 is 14.5 Å². The van der Waals surface area contributed by atoms with Crippen molar-refractivity contribution in [1.82, 2.24) is 0 Å². The minimum absolute atomic E-state index is 0.422. The van der Waals surface area contributed by atoms with Crippen LogP contribution in [0.25, 0.3) is 0 Å². The minimum Gasteiger partial charge on any atom is -0.379 e. The topological polar surface area (TPSA) is 49.9 Å². The number of ether oxygens (including phenoxy) is 1. The molecule has 1 aliphatic carbocycles. The van der Waals surface area contributed by atoms with Crippen molar-refractivity contribution in [2.45, 2.75) is 12.8 Å². The van der Waals surface area contributed by atoms with Gasteiger partial charge in [0.25, 0.3) is 11.7 Å². The fourth-order valence-corrected chi connectivity index (χ4v) is 2.47. The maximum Gasteiger partial charge on any atom is 0.299 e. The third-order valence-electron chi connectivity index (χ3n) is 4.15. The van der Waals surface area contributed by atoms with Crippen LogP contribution in [0.4, 0.5) is 11.4 Å². The molecule has 2 aliphatic rings. The van der Waals surface area contributed by atoms with E-state index in [1.54, 1.807) is 13.1 Å². The number of likely N-dealkylation sites (N-methyl/N-ethyl adjacent to an activating group) is 2. The first-order chi connectivity index (χ1) is 10.1. The third-order valence-corrected chi connectivity index (χ3v) is 4.15. The van der Waals surface area contributed by atoms with Gasteiger partial charge in [0.05, 0.1) is 17.9 Å². The quantitative estimate of drug-likeness (QED) is 0.590. The number of nitrogens with zero attached hydrogens (tertiary/aromatic N) is 2. The number of hydrogen-bond acceptors (Lipinski definition) is 4. The smallest absolute Gasteiger partial charge is 0.299 e. The highest BCUT2D eigenvalue weighted by atomic mass is 16.5. The molecule has 0 aromatic heterocycles. The van der Waals surface area contributed by atoms with Crippen LogP contribution in [0.1, 0.15) is 23.2 Å². The van der Waals surface area contributed by atoms with E-state index in [4.69, 9.17) is 4.74 Å². The van der Waals surface area contributed by atoms with Crippen molar-refractivity contribution in [3.8, 4) is 0 Å². The Morgan fingerprint density at radius 3 is 2.81 bits per heavy atom. The highest BCUT2D eigenvalue weighted by molar-refractivity contribution is 6.52. The molecule has 0 radical (unpaired) electrons. The van der Waals surface area contributed by atoms with Crippen LogP contribution in [-0.4, -0.2) is 45.5 Å². The molecule has 1 saturated carbocycles. The van der Waals surface area contributed by atoms with Gasteiger partial charge in [0.15, 0.2) is 0 Å². The van der Waals surface area contributed by atoms with Gasteiger partial charge in [0, 0.05) is 32.9 Å². The predicted molar refractivity (Wildman–Crippen MR) is 81.0 cm³/mol. The molecule has 0 spiro atoms. The molecule has 1 amide bonds. The molecule has 1 aromatic rings. The fraction of sp³-hybridized carbons (Fsp3) is 0.500. The Morgan fingerprint density at radius 1 is 1.33 bits per heavy atom. The van der Waals surface area contributed by atoms with Crippen molar-refractivity contribution in [1.29, 1.82) is 0 Å². The summed E-state index contributed by atoms with van der Waals surface area (Å²) >= 11 is 0. The number of fused-ring (bicyclic) bond motifs is 1. The van der Waals surface area contributed by atoms with Crippen molar-refractivity contribution in [2.24, 2.45) is 5.92 Å². The number of carbonyl (C=O) groups excluding carboxylic acids is 2. The van der Waals surface area contributed by atoms with Crippen LogP contribution < -0.4 is 9.80 Å². The summed E-state index contributed by atoms with van der Waals surface area (Å²) in [6, 6.07) is 5.50. The average molecular weight is 288 g/mol. The van der Waals surface area contributed by atoms with E-state index < -0.39 is 11.7 Å². The molecule has 3 rings (SSSR count). The summed E-state index contributed by atoms with van der Waals surface area (Å²) in [6.07, 6.45) is 2.60. The van der Waals surface area contributed by atoms with Crippen LogP contribution in [-0.2, 0) is 9.53 Å². The van der Waals surface area contributed by atoms with Gasteiger partial charge in [-0.25, -0.2) is 0 Å². The Balaban J connectivity index is 1.63. The second-order valence-electron chi connectivity index (χ2n) is 5.83. The van der Waals surface area contributed by atoms with Crippen molar-refractivity contribution < 1.29 is 14.3 Å². The number of benzene rings is 1. The summed E-state index contributed by atoms with van der Waals surface area (Å²) < 4.78 is 5.64. The first kappa shape index (κ1) is 14.1. The van der Waals surface area contributed by atoms with Gasteiger partial charge in [-0.2, -0.15) is 0 Å². The number of ketones is 1. The van der Waals surface area contributed by atoms with E-state index in [2.05, 4.69) is 4.90 Å². The third kappa shape index (κ3) is 2.78. The molecule has 5 nitrogen and oxygen atoms in total. The van der Waals surface area contributed by atoms with E-state index in [0.29, 0.717) is 17.9 Å². The summed E-state index contributed by atoms with van der Waals surface area (Å²) in [4.78, 5) is 26.9. The summed E-state index contributed by atoms with van der Waals surface area (Å²) in [5, 5.41) is 0. The van der Waals surface area contributed by atoms with Gasteiger partial charge in [0.2, 0.25) is 0 Å². The van der Waals surface area contributed by atoms with E-state index in [0.717, 1.165) is 24.8 Å². The number of amides is 1. The maximum atomic E-state index is 11.7. The predicted octanol–water partition coefficient (Wildman–Crippen LogP) is 1.71. The van der Waals surface area contributed by atoms with E-state index in [1.807, 2.05) is 19.2 Å². The lowest BCUT2D eigenvalue weighted by molar-refractivity contribution is -0.114. The van der Waals surface area contributed by atoms with E-state index in [-0.39, 0.29) is 0 Å². The largest absolute Gasteiger partial charge is 0.379 e. The van der Waals surface area contributed by atoms with Crippen molar-refractivity contribution in [2.75, 3.05) is 43.7 Å². The van der Waals surface area contributed by atoms with Crippen molar-refractivity contribution in [3.05, 3.63) is 23.8 Å². The number of rotatable bonds is 6. The molecule has 0 atom stereocenters. The first-order valence-corrected chi connectivity index (χ1v) is 7.33. The molecule has 5 heteroatoms. The zero-order valence-corrected chi connectivity index (χ0v) is 12.5. The molecule has 1 heterocycles. The Hall–Kier alpha value is -1.88. The second-order valence-corrected chi connectivity index (χ2v) is 5.83. The van der Waals surface area contributed by atoms with Crippen molar-refractivity contribution in [3.63, 3.8) is 0 Å². The molecular weight excluding hydrogens is 268 g/mol. The van der Waals surface area contributed by atoms with Crippen LogP contribution in [0.5, 0.6) is 0 Å². The molecule has 1 fully saturated rings. The monoisotopic (exact) mass is 288 g/mol. The minimum atomic E-state index is -0.461. The lowest BCUT2D eigenvalue weighted by Crippen LogP contribution is -2.25. The Kier molecular flexibility index (Phi) is 3.68. The van der Waals surface area contributed by atoms with E-state index in [9.17, 15) is 9.59 Å². The van der Waals surface area contributed by atoms with Gasteiger partial charge in [-0.3, -0.25) is 9.59 Å². The van der Waals surface area contributed by atoms with Gasteiger partial charge in [-0.05, 0) is 37.0 Å². The molecule has 21 heavy (non-hydrogen) atoms. The fourth-order valence-electron chi connectivity index (χ4n) is 2.47. The highest BCUT2D eigenvalue weighted by Crippen LogP contribution is 2.31. The van der Waals surface area contributed by atoms with Crippen LogP contribution in [0.15, 0.2) is 18.2 Å². The standard InChI is InChI=1S/C16H20N2O3/c1-17(7-8-21-10-11-3-4-11)12-5-6-13-14(9-12)18(2)16(20)15(13)19/h5-6,9,11H,3-4,7-8,10H2,1-2H3. The van der Waals surface area contributed by atoms with Crippen LogP contribution in [0, 0.1) is 5.92 Å². The first-order valence-electron chi connectivity index (χ1n) is 7.33. The van der Waals surface area contributed by atoms with Crippen LogP contribution in [0.2, 0.25) is 0 Å². The summed E-state index contributed by atoms with van der Waals surface area (Å²) in [7, 11) is 3.62. The van der Waals surface area contributed by atoms with Crippen LogP contribution in [0.3, 0.4) is 0 Å². The molecule has 0 saturated heterocycles. The number of Topliss-reactive ketones (excluding diaryl/α,β-unsaturated/α-hetero) is 1. The SMILES string of the molecule is CN(CCOCC1CC1)c1ccc2c(c1)N(C)C(=O)C2=O. The highest BCUT2D eigenvalue weighted by Gasteiger charge is 2.33. The lowest BCUT2D eigenvalue weighted by atomic mass is 10.1.